The summed E-state index contributed by atoms with van der Waals surface area (Å²) in [6.45, 7) is 1.77. The summed E-state index contributed by atoms with van der Waals surface area (Å²) < 4.78 is 0. The molecule has 0 saturated heterocycles. The Morgan fingerprint density at radius 3 is 2.04 bits per heavy atom. The van der Waals surface area contributed by atoms with Crippen LogP contribution in [0.5, 0.6) is 0 Å². The quantitative estimate of drug-likeness (QED) is 0.755. The Kier molecular flexibility index (Phi) is 4.47. The summed E-state index contributed by atoms with van der Waals surface area (Å²) in [5.74, 6) is 0.881. The van der Waals surface area contributed by atoms with Crippen molar-refractivity contribution in [3.8, 4) is 0 Å². The van der Waals surface area contributed by atoms with Crippen LogP contribution in [-0.4, -0.2) is 28.8 Å². The first kappa shape index (κ1) is 16.5. The van der Waals surface area contributed by atoms with Gasteiger partial charge in [0.2, 0.25) is 5.91 Å². The molecule has 0 heterocycles. The van der Waals surface area contributed by atoms with Gasteiger partial charge in [-0.1, -0.05) is 6.92 Å². The van der Waals surface area contributed by atoms with Crippen LogP contribution < -0.4 is 5.32 Å². The molecular formula is C18H27NO4. The van der Waals surface area contributed by atoms with Crippen LogP contribution in [0.2, 0.25) is 0 Å². The molecule has 4 aliphatic rings. The number of aliphatic carboxylic acids is 1. The number of ketones is 1. The molecule has 4 fully saturated rings. The van der Waals surface area contributed by atoms with E-state index >= 15 is 0 Å². The van der Waals surface area contributed by atoms with E-state index in [4.69, 9.17) is 0 Å². The topological polar surface area (TPSA) is 83.5 Å². The number of carboxylic acid groups (broad SMARTS) is 1. The minimum atomic E-state index is -1.04. The third-order valence-electron chi connectivity index (χ3n) is 6.23. The van der Waals surface area contributed by atoms with E-state index in [1.165, 1.54) is 19.3 Å². The zero-order chi connectivity index (χ0) is 16.6. The summed E-state index contributed by atoms with van der Waals surface area (Å²) in [6.07, 6.45) is 7.34. The van der Waals surface area contributed by atoms with Crippen LogP contribution in [0.3, 0.4) is 0 Å². The molecule has 0 spiro atoms. The summed E-state index contributed by atoms with van der Waals surface area (Å²) in [4.78, 5) is 35.7. The van der Waals surface area contributed by atoms with Gasteiger partial charge in [0.25, 0.3) is 0 Å². The zero-order valence-electron chi connectivity index (χ0n) is 13.8. The molecule has 1 amide bonds. The summed E-state index contributed by atoms with van der Waals surface area (Å²) in [5.41, 5.74) is -0.336. The Bertz CT molecular complexity index is 478. The number of carboxylic acids is 1. The van der Waals surface area contributed by atoms with Gasteiger partial charge in [0.1, 0.15) is 11.8 Å². The van der Waals surface area contributed by atoms with Gasteiger partial charge >= 0.3 is 5.97 Å². The van der Waals surface area contributed by atoms with Crippen molar-refractivity contribution in [2.45, 2.75) is 70.8 Å². The highest BCUT2D eigenvalue weighted by Crippen LogP contribution is 2.60. The Hall–Kier alpha value is -1.39. The minimum absolute atomic E-state index is 0.0419. The second-order valence-corrected chi connectivity index (χ2v) is 7.99. The standard InChI is InChI=1S/C18H27NO4/c1-2-14(20)3-4-15(16(21)22)19-17(23)18-8-11-5-12(9-18)7-13(6-11)10-18/h11-13,15H,2-10H2,1H3,(H,19,23)(H,21,22)/t11?,12?,13?,15-,18?/m1/s1. The van der Waals surface area contributed by atoms with E-state index in [9.17, 15) is 19.5 Å². The number of amides is 1. The Morgan fingerprint density at radius 1 is 1.09 bits per heavy atom. The molecule has 5 heteroatoms. The van der Waals surface area contributed by atoms with E-state index in [1.54, 1.807) is 6.92 Å². The molecule has 0 aromatic rings. The molecule has 4 rings (SSSR count). The van der Waals surface area contributed by atoms with Crippen LogP contribution in [0.25, 0.3) is 0 Å². The monoisotopic (exact) mass is 321 g/mol. The first-order valence-corrected chi connectivity index (χ1v) is 8.97. The molecule has 0 radical (unpaired) electrons. The summed E-state index contributed by atoms with van der Waals surface area (Å²) in [5, 5.41) is 12.1. The van der Waals surface area contributed by atoms with E-state index in [0.717, 1.165) is 19.3 Å². The fourth-order valence-corrected chi connectivity index (χ4v) is 5.44. The smallest absolute Gasteiger partial charge is 0.326 e. The van der Waals surface area contributed by atoms with Crippen LogP contribution in [0.15, 0.2) is 0 Å². The number of nitrogens with one attached hydrogen (secondary N) is 1. The maximum atomic E-state index is 12.9. The third-order valence-corrected chi connectivity index (χ3v) is 6.23. The minimum Gasteiger partial charge on any atom is -0.480 e. The normalized spacial score (nSPS) is 35.8. The van der Waals surface area contributed by atoms with Gasteiger partial charge in [-0.15, -0.1) is 0 Å². The fourth-order valence-electron chi connectivity index (χ4n) is 5.44. The highest BCUT2D eigenvalue weighted by molar-refractivity contribution is 5.88. The molecule has 2 N–H and O–H groups in total. The molecule has 5 nitrogen and oxygen atoms in total. The Labute approximate surface area is 137 Å². The lowest BCUT2D eigenvalue weighted by Gasteiger charge is -2.55. The number of hydrogen-bond donors (Lipinski definition) is 2. The van der Waals surface area contributed by atoms with Crippen molar-refractivity contribution >= 4 is 17.7 Å². The average Bonchev–Trinajstić information content (AvgIpc) is 2.49. The lowest BCUT2D eigenvalue weighted by Crippen LogP contribution is -2.56. The van der Waals surface area contributed by atoms with Crippen molar-refractivity contribution in [1.82, 2.24) is 5.32 Å². The van der Waals surface area contributed by atoms with E-state index < -0.39 is 12.0 Å². The molecule has 4 bridgehead atoms. The molecular weight excluding hydrogens is 294 g/mol. The Morgan fingerprint density at radius 2 is 1.61 bits per heavy atom. The second kappa shape index (κ2) is 6.25. The SMILES string of the molecule is CCC(=O)CC[C@@H](NC(=O)C12CC3CC(CC(C3)C1)C2)C(=O)O. The van der Waals surface area contributed by atoms with Gasteiger partial charge in [-0.2, -0.15) is 0 Å². The van der Waals surface area contributed by atoms with Crippen LogP contribution in [0.1, 0.15) is 64.7 Å². The van der Waals surface area contributed by atoms with Gasteiger partial charge in [-0.3, -0.25) is 9.59 Å². The van der Waals surface area contributed by atoms with Gasteiger partial charge < -0.3 is 10.4 Å². The van der Waals surface area contributed by atoms with Crippen molar-refractivity contribution in [2.75, 3.05) is 0 Å². The van der Waals surface area contributed by atoms with Crippen molar-refractivity contribution < 1.29 is 19.5 Å². The molecule has 0 aliphatic heterocycles. The molecule has 23 heavy (non-hydrogen) atoms. The molecule has 4 aliphatic carbocycles. The summed E-state index contributed by atoms with van der Waals surface area (Å²) >= 11 is 0. The van der Waals surface area contributed by atoms with Crippen LogP contribution in [0.4, 0.5) is 0 Å². The number of rotatable bonds is 7. The number of Topliss-reactive ketones (excluding diaryl/α,β-unsaturated/α-hetero) is 1. The van der Waals surface area contributed by atoms with Gasteiger partial charge in [-0.25, -0.2) is 4.79 Å². The molecule has 4 saturated carbocycles. The highest BCUT2D eigenvalue weighted by atomic mass is 16.4. The van der Waals surface area contributed by atoms with Crippen LogP contribution in [-0.2, 0) is 14.4 Å². The highest BCUT2D eigenvalue weighted by Gasteiger charge is 2.54. The second-order valence-electron chi connectivity index (χ2n) is 7.99. The predicted molar refractivity (Wildman–Crippen MR) is 84.7 cm³/mol. The van der Waals surface area contributed by atoms with E-state index in [2.05, 4.69) is 5.32 Å². The average molecular weight is 321 g/mol. The zero-order valence-corrected chi connectivity index (χ0v) is 13.8. The van der Waals surface area contributed by atoms with Gasteiger partial charge in [0, 0.05) is 18.3 Å². The van der Waals surface area contributed by atoms with E-state index in [0.29, 0.717) is 24.2 Å². The van der Waals surface area contributed by atoms with Crippen molar-refractivity contribution in [2.24, 2.45) is 23.2 Å². The first-order valence-electron chi connectivity index (χ1n) is 8.97. The van der Waals surface area contributed by atoms with Crippen molar-refractivity contribution in [1.29, 1.82) is 0 Å². The van der Waals surface area contributed by atoms with E-state index in [1.807, 2.05) is 0 Å². The molecule has 0 unspecified atom stereocenters. The van der Waals surface area contributed by atoms with Gasteiger partial charge in [-0.05, 0) is 62.7 Å². The maximum absolute atomic E-state index is 12.9. The number of hydrogen-bond acceptors (Lipinski definition) is 3. The largest absolute Gasteiger partial charge is 0.480 e. The molecule has 1 atom stereocenters. The van der Waals surface area contributed by atoms with Crippen LogP contribution >= 0.6 is 0 Å². The maximum Gasteiger partial charge on any atom is 0.326 e. The third kappa shape index (κ3) is 3.29. The first-order chi connectivity index (χ1) is 10.9. The van der Waals surface area contributed by atoms with Crippen molar-refractivity contribution in [3.63, 3.8) is 0 Å². The Balaban J connectivity index is 1.65. The van der Waals surface area contributed by atoms with Gasteiger partial charge in [0.05, 0.1) is 0 Å². The summed E-state index contributed by atoms with van der Waals surface area (Å²) in [7, 11) is 0. The number of carbonyl (C=O) groups is 3. The lowest BCUT2D eigenvalue weighted by atomic mass is 9.49. The summed E-state index contributed by atoms with van der Waals surface area (Å²) in [6, 6.07) is -0.939. The fraction of sp³-hybridized carbons (Fsp3) is 0.833. The molecule has 0 aromatic heterocycles. The lowest BCUT2D eigenvalue weighted by molar-refractivity contribution is -0.151. The predicted octanol–water partition coefficient (Wildman–Crippen LogP) is 2.53. The number of carbonyl (C=O) groups excluding carboxylic acids is 2. The van der Waals surface area contributed by atoms with E-state index in [-0.39, 0.29) is 29.9 Å². The van der Waals surface area contributed by atoms with Gasteiger partial charge in [0.15, 0.2) is 0 Å². The van der Waals surface area contributed by atoms with Crippen LogP contribution in [0, 0.1) is 23.2 Å². The molecule has 0 aromatic carbocycles. The molecule has 128 valence electrons. The van der Waals surface area contributed by atoms with Crippen molar-refractivity contribution in [3.05, 3.63) is 0 Å².